The lowest BCUT2D eigenvalue weighted by molar-refractivity contribution is -0.136. The number of nitrogens with one attached hydrogen (secondary N) is 2. The van der Waals surface area contributed by atoms with Crippen LogP contribution in [0, 0.1) is 0 Å². The Morgan fingerprint density at radius 2 is 1.82 bits per heavy atom. The Morgan fingerprint density at radius 3 is 2.53 bits per heavy atom. The number of carbonyl (C=O) groups excluding carboxylic acids is 2. The molecule has 190 valence electrons. The minimum absolute atomic E-state index is 0.0470. The van der Waals surface area contributed by atoms with Crippen molar-refractivity contribution in [3.63, 3.8) is 0 Å². The van der Waals surface area contributed by atoms with Crippen molar-refractivity contribution in [1.29, 1.82) is 0 Å². The van der Waals surface area contributed by atoms with E-state index in [1.165, 1.54) is 27.7 Å². The summed E-state index contributed by atoms with van der Waals surface area (Å²) in [5, 5.41) is 25.9. The molecule has 38 heavy (non-hydrogen) atoms. The fourth-order valence-corrected chi connectivity index (χ4v) is 4.72. The number of hydrazone groups is 2. The molecule has 0 radical (unpaired) electrons. The van der Waals surface area contributed by atoms with Crippen LogP contribution in [0.5, 0.6) is 0 Å². The van der Waals surface area contributed by atoms with Crippen molar-refractivity contribution in [2.45, 2.75) is 6.42 Å². The fraction of sp³-hybridized carbons (Fsp3) is 0.0800. The molecule has 0 bridgehead atoms. The SMILES string of the molecule is O=C(O)CCNC(=O)c1ccc(-c2csc(N3N=C(c4ccccc4)/C(=N\Nc4nccs4)C3=O)n2)cc1. The molecule has 1 aliphatic heterocycles. The van der Waals surface area contributed by atoms with Crippen molar-refractivity contribution in [1.82, 2.24) is 15.3 Å². The van der Waals surface area contributed by atoms with Gasteiger partial charge in [-0.15, -0.1) is 22.7 Å². The third kappa shape index (κ3) is 5.48. The molecule has 3 heterocycles. The van der Waals surface area contributed by atoms with Crippen molar-refractivity contribution in [2.24, 2.45) is 10.2 Å². The summed E-state index contributed by atoms with van der Waals surface area (Å²) in [5.74, 6) is -1.77. The number of carboxylic acid groups (broad SMARTS) is 1. The molecular formula is C25H19N7O4S2. The Hall–Kier alpha value is -4.75. The van der Waals surface area contributed by atoms with Gasteiger partial charge in [-0.2, -0.15) is 15.2 Å². The Balaban J connectivity index is 1.36. The number of hydrogen-bond acceptors (Lipinski definition) is 10. The van der Waals surface area contributed by atoms with Gasteiger partial charge in [0.25, 0.3) is 5.91 Å². The average Bonchev–Trinajstić information content (AvgIpc) is 3.69. The van der Waals surface area contributed by atoms with Crippen LogP contribution in [0.15, 0.2) is 81.8 Å². The Labute approximate surface area is 224 Å². The van der Waals surface area contributed by atoms with E-state index in [1.807, 2.05) is 30.3 Å². The number of anilines is 2. The standard InChI is InChI=1S/C25H19N7O4S2/c33-19(34)10-11-26-22(35)17-8-6-15(7-9-17)18-14-38-25(28-18)32-23(36)21(29-30-24-27-12-13-37-24)20(31-32)16-4-2-1-3-5-16/h1-9,12-14H,10-11H2,(H,26,35)(H,27,30)(H,33,34)/b29-21+. The molecule has 0 aliphatic carbocycles. The molecule has 2 aromatic carbocycles. The quantitative estimate of drug-likeness (QED) is 0.272. The molecule has 11 nitrogen and oxygen atoms in total. The van der Waals surface area contributed by atoms with Crippen molar-refractivity contribution in [3.05, 3.63) is 82.7 Å². The summed E-state index contributed by atoms with van der Waals surface area (Å²) in [6, 6.07) is 16.0. The predicted molar refractivity (Wildman–Crippen MR) is 146 cm³/mol. The highest BCUT2D eigenvalue weighted by Crippen LogP contribution is 2.30. The van der Waals surface area contributed by atoms with Gasteiger partial charge in [0.2, 0.25) is 10.3 Å². The number of carbonyl (C=O) groups is 3. The number of rotatable bonds is 9. The summed E-state index contributed by atoms with van der Waals surface area (Å²) in [5.41, 5.74) is 5.86. The van der Waals surface area contributed by atoms with Crippen LogP contribution in [0.25, 0.3) is 11.3 Å². The molecule has 0 atom stereocenters. The van der Waals surface area contributed by atoms with E-state index in [1.54, 1.807) is 41.2 Å². The number of amides is 2. The first-order chi connectivity index (χ1) is 18.5. The molecule has 0 spiro atoms. The van der Waals surface area contributed by atoms with Crippen LogP contribution in [0.1, 0.15) is 22.3 Å². The molecule has 3 N–H and O–H groups in total. The topological polar surface area (TPSA) is 149 Å². The molecule has 4 aromatic rings. The average molecular weight is 546 g/mol. The van der Waals surface area contributed by atoms with E-state index in [2.05, 4.69) is 30.9 Å². The van der Waals surface area contributed by atoms with Crippen molar-refractivity contribution in [2.75, 3.05) is 17.0 Å². The summed E-state index contributed by atoms with van der Waals surface area (Å²) < 4.78 is 0. The van der Waals surface area contributed by atoms with Gasteiger partial charge in [-0.1, -0.05) is 42.5 Å². The molecule has 2 amide bonds. The number of aromatic nitrogens is 2. The summed E-state index contributed by atoms with van der Waals surface area (Å²) in [7, 11) is 0. The molecule has 2 aromatic heterocycles. The molecule has 1 aliphatic rings. The second kappa shape index (κ2) is 11.1. The van der Waals surface area contributed by atoms with E-state index < -0.39 is 11.9 Å². The van der Waals surface area contributed by atoms with Gasteiger partial charge in [0.1, 0.15) is 5.71 Å². The van der Waals surface area contributed by atoms with E-state index in [9.17, 15) is 14.4 Å². The molecule has 13 heteroatoms. The summed E-state index contributed by atoms with van der Waals surface area (Å²) >= 11 is 2.61. The Morgan fingerprint density at radius 1 is 1.03 bits per heavy atom. The zero-order valence-electron chi connectivity index (χ0n) is 19.6. The molecule has 0 saturated carbocycles. The van der Waals surface area contributed by atoms with E-state index in [-0.39, 0.29) is 24.6 Å². The van der Waals surface area contributed by atoms with Gasteiger partial charge >= 0.3 is 11.9 Å². The minimum atomic E-state index is -0.981. The Bertz CT molecular complexity index is 1530. The van der Waals surface area contributed by atoms with Crippen LogP contribution in [0.2, 0.25) is 0 Å². The number of nitrogens with zero attached hydrogens (tertiary/aromatic N) is 5. The zero-order chi connectivity index (χ0) is 26.5. The summed E-state index contributed by atoms with van der Waals surface area (Å²) in [6.45, 7) is 0.0470. The lowest BCUT2D eigenvalue weighted by Gasteiger charge is -2.06. The van der Waals surface area contributed by atoms with E-state index >= 15 is 0 Å². The second-order valence-electron chi connectivity index (χ2n) is 7.83. The zero-order valence-corrected chi connectivity index (χ0v) is 21.2. The maximum Gasteiger partial charge on any atom is 0.305 e. The largest absolute Gasteiger partial charge is 0.481 e. The fourth-order valence-electron chi connectivity index (χ4n) is 3.47. The first-order valence-electron chi connectivity index (χ1n) is 11.3. The highest BCUT2D eigenvalue weighted by Gasteiger charge is 2.35. The van der Waals surface area contributed by atoms with Crippen LogP contribution in [-0.2, 0) is 9.59 Å². The number of thiazole rings is 2. The maximum absolute atomic E-state index is 13.4. The number of aliphatic carboxylic acids is 1. The third-order valence-corrected chi connectivity index (χ3v) is 6.80. The smallest absolute Gasteiger partial charge is 0.305 e. The molecule has 5 rings (SSSR count). The van der Waals surface area contributed by atoms with Gasteiger partial charge in [-0.05, 0) is 12.1 Å². The van der Waals surface area contributed by atoms with Crippen molar-refractivity contribution in [3.8, 4) is 11.3 Å². The van der Waals surface area contributed by atoms with Gasteiger partial charge in [-0.3, -0.25) is 19.8 Å². The van der Waals surface area contributed by atoms with Gasteiger partial charge in [-0.25, -0.2) is 9.97 Å². The van der Waals surface area contributed by atoms with Crippen molar-refractivity contribution < 1.29 is 19.5 Å². The first kappa shape index (κ1) is 24.9. The summed E-state index contributed by atoms with van der Waals surface area (Å²) in [6.07, 6.45) is 1.49. The summed E-state index contributed by atoms with van der Waals surface area (Å²) in [4.78, 5) is 44.9. The van der Waals surface area contributed by atoms with E-state index in [0.29, 0.717) is 27.2 Å². The number of carboxylic acids is 1. The van der Waals surface area contributed by atoms with Gasteiger partial charge < -0.3 is 10.4 Å². The molecule has 0 fully saturated rings. The highest BCUT2D eigenvalue weighted by molar-refractivity contribution is 7.14. The van der Waals surface area contributed by atoms with E-state index in [0.717, 1.165) is 11.1 Å². The molecule has 0 unspecified atom stereocenters. The minimum Gasteiger partial charge on any atom is -0.481 e. The lowest BCUT2D eigenvalue weighted by atomic mass is 10.1. The van der Waals surface area contributed by atoms with Crippen LogP contribution in [0.4, 0.5) is 10.3 Å². The number of hydrogen-bond donors (Lipinski definition) is 3. The van der Waals surface area contributed by atoms with Gasteiger partial charge in [0.05, 0.1) is 12.1 Å². The Kier molecular flexibility index (Phi) is 7.28. The van der Waals surface area contributed by atoms with Crippen LogP contribution >= 0.6 is 22.7 Å². The second-order valence-corrected chi connectivity index (χ2v) is 9.56. The maximum atomic E-state index is 13.4. The van der Waals surface area contributed by atoms with Crippen LogP contribution in [0.3, 0.4) is 0 Å². The predicted octanol–water partition coefficient (Wildman–Crippen LogP) is 3.69. The van der Waals surface area contributed by atoms with Crippen LogP contribution < -0.4 is 15.8 Å². The highest BCUT2D eigenvalue weighted by atomic mass is 32.1. The monoisotopic (exact) mass is 545 g/mol. The lowest BCUT2D eigenvalue weighted by Crippen LogP contribution is -2.28. The van der Waals surface area contributed by atoms with Gasteiger partial charge in [0, 0.05) is 40.2 Å². The third-order valence-electron chi connectivity index (χ3n) is 5.30. The van der Waals surface area contributed by atoms with Gasteiger partial charge in [0.15, 0.2) is 5.71 Å². The normalized spacial score (nSPS) is 14.0. The molecular weight excluding hydrogens is 526 g/mol. The van der Waals surface area contributed by atoms with E-state index in [4.69, 9.17) is 5.11 Å². The van der Waals surface area contributed by atoms with Crippen molar-refractivity contribution >= 4 is 62.1 Å². The number of benzene rings is 2. The molecule has 0 saturated heterocycles. The first-order valence-corrected chi connectivity index (χ1v) is 13.0. The van der Waals surface area contributed by atoms with Crippen LogP contribution in [-0.4, -0.2) is 50.8 Å².